The summed E-state index contributed by atoms with van der Waals surface area (Å²) in [4.78, 5) is 4.28. The summed E-state index contributed by atoms with van der Waals surface area (Å²) < 4.78 is 0. The second-order valence-corrected chi connectivity index (χ2v) is 2.92. The minimum Gasteiger partial charge on any atom is -0.396 e. The number of aliphatic imine (C=N–C) groups is 1. The van der Waals surface area contributed by atoms with E-state index in [9.17, 15) is 0 Å². The van der Waals surface area contributed by atoms with E-state index in [2.05, 4.69) is 4.99 Å². The molecule has 2 nitrogen and oxygen atoms in total. The lowest BCUT2D eigenvalue weighted by molar-refractivity contribution is 0.299. The van der Waals surface area contributed by atoms with Gasteiger partial charge in [-0.15, -0.1) is 0 Å². The second kappa shape index (κ2) is 6.11. The van der Waals surface area contributed by atoms with Crippen LogP contribution in [0.2, 0.25) is 0 Å². The number of hydrogen-bond acceptors (Lipinski definition) is 2. The molecule has 1 aromatic carbocycles. The average molecular weight is 189 g/mol. The van der Waals surface area contributed by atoms with E-state index in [-0.39, 0.29) is 6.61 Å². The van der Waals surface area contributed by atoms with Crippen LogP contribution < -0.4 is 0 Å². The van der Waals surface area contributed by atoms with E-state index in [0.717, 1.165) is 11.3 Å². The molecule has 1 aromatic rings. The number of aliphatic hydroxyl groups excluding tert-OH is 1. The number of aliphatic hydroxyl groups is 1. The van der Waals surface area contributed by atoms with Crippen molar-refractivity contribution in [1.82, 2.24) is 0 Å². The Morgan fingerprint density at radius 2 is 2.07 bits per heavy atom. The first-order valence-electron chi connectivity index (χ1n) is 4.72. The van der Waals surface area contributed by atoms with Crippen LogP contribution in [0.25, 0.3) is 0 Å². The van der Waals surface area contributed by atoms with Gasteiger partial charge < -0.3 is 5.11 Å². The van der Waals surface area contributed by atoms with Gasteiger partial charge in [0, 0.05) is 24.9 Å². The van der Waals surface area contributed by atoms with E-state index < -0.39 is 0 Å². The Morgan fingerprint density at radius 1 is 1.36 bits per heavy atom. The highest BCUT2D eigenvalue weighted by atomic mass is 16.3. The summed E-state index contributed by atoms with van der Waals surface area (Å²) in [6, 6.07) is 9.92. The van der Waals surface area contributed by atoms with Gasteiger partial charge in [0.1, 0.15) is 0 Å². The highest BCUT2D eigenvalue weighted by molar-refractivity contribution is 5.80. The van der Waals surface area contributed by atoms with Gasteiger partial charge >= 0.3 is 0 Å². The SMILES string of the molecule is CC=C(CCO)N=Cc1ccccc1. The number of nitrogens with zero attached hydrogens (tertiary/aromatic N) is 1. The van der Waals surface area contributed by atoms with Crippen molar-refractivity contribution in [1.29, 1.82) is 0 Å². The predicted molar refractivity (Wildman–Crippen MR) is 59.5 cm³/mol. The fraction of sp³-hybridized carbons (Fsp3) is 0.250. The first-order chi connectivity index (χ1) is 6.86. The minimum atomic E-state index is 0.145. The molecule has 0 amide bonds. The van der Waals surface area contributed by atoms with E-state index in [4.69, 9.17) is 5.11 Å². The second-order valence-electron chi connectivity index (χ2n) is 2.92. The molecule has 2 heteroatoms. The Kier molecular flexibility index (Phi) is 4.65. The van der Waals surface area contributed by atoms with Gasteiger partial charge in [0.2, 0.25) is 0 Å². The van der Waals surface area contributed by atoms with Crippen molar-refractivity contribution in [2.45, 2.75) is 13.3 Å². The molecule has 0 atom stereocenters. The van der Waals surface area contributed by atoms with Crippen molar-refractivity contribution in [2.75, 3.05) is 6.61 Å². The lowest BCUT2D eigenvalue weighted by Gasteiger charge is -1.96. The molecule has 0 heterocycles. The maximum atomic E-state index is 8.75. The summed E-state index contributed by atoms with van der Waals surface area (Å²) in [6.07, 6.45) is 4.33. The Hall–Kier alpha value is -1.41. The Balaban J connectivity index is 2.63. The van der Waals surface area contributed by atoms with Crippen molar-refractivity contribution in [3.05, 3.63) is 47.7 Å². The monoisotopic (exact) mass is 189 g/mol. The highest BCUT2D eigenvalue weighted by Crippen LogP contribution is 2.03. The molecule has 0 radical (unpaired) electrons. The molecule has 0 aliphatic carbocycles. The quantitative estimate of drug-likeness (QED) is 0.725. The molecule has 0 aliphatic rings. The third kappa shape index (κ3) is 3.54. The summed E-state index contributed by atoms with van der Waals surface area (Å²) in [5, 5.41) is 8.75. The lowest BCUT2D eigenvalue weighted by atomic mass is 10.2. The molecule has 14 heavy (non-hydrogen) atoms. The van der Waals surface area contributed by atoms with E-state index in [1.807, 2.05) is 49.5 Å². The van der Waals surface area contributed by atoms with Gasteiger partial charge in [-0.25, -0.2) is 0 Å². The molecular formula is C12H15NO. The van der Waals surface area contributed by atoms with E-state index in [1.54, 1.807) is 0 Å². The third-order valence-corrected chi connectivity index (χ3v) is 1.88. The average Bonchev–Trinajstić information content (AvgIpc) is 2.25. The summed E-state index contributed by atoms with van der Waals surface area (Å²) in [7, 11) is 0. The van der Waals surface area contributed by atoms with Crippen LogP contribution in [0.15, 0.2) is 47.1 Å². The van der Waals surface area contributed by atoms with Crippen molar-refractivity contribution in [2.24, 2.45) is 4.99 Å². The first kappa shape index (κ1) is 10.7. The standard InChI is InChI=1S/C12H15NO/c1-2-12(8-9-14)13-10-11-6-4-3-5-7-11/h2-7,10,14H,8-9H2,1H3. The smallest absolute Gasteiger partial charge is 0.0486 e. The number of benzene rings is 1. The Labute approximate surface area is 84.6 Å². The van der Waals surface area contributed by atoms with Crippen LogP contribution in [0.4, 0.5) is 0 Å². The predicted octanol–water partition coefficient (Wildman–Crippen LogP) is 2.39. The maximum Gasteiger partial charge on any atom is 0.0486 e. The molecule has 1 rings (SSSR count). The van der Waals surface area contributed by atoms with E-state index >= 15 is 0 Å². The first-order valence-corrected chi connectivity index (χ1v) is 4.72. The van der Waals surface area contributed by atoms with Crippen LogP contribution in [0.1, 0.15) is 18.9 Å². The molecule has 0 unspecified atom stereocenters. The van der Waals surface area contributed by atoms with Crippen molar-refractivity contribution in [3.63, 3.8) is 0 Å². The molecule has 0 saturated heterocycles. The minimum absolute atomic E-state index is 0.145. The normalized spacial score (nSPS) is 12.3. The summed E-state index contributed by atoms with van der Waals surface area (Å²) in [5.41, 5.74) is 1.99. The van der Waals surface area contributed by atoms with Gasteiger partial charge in [0.25, 0.3) is 0 Å². The van der Waals surface area contributed by atoms with Gasteiger partial charge in [-0.3, -0.25) is 4.99 Å². The van der Waals surface area contributed by atoms with Crippen LogP contribution in [0.3, 0.4) is 0 Å². The summed E-state index contributed by atoms with van der Waals surface area (Å²) in [6.45, 7) is 2.07. The topological polar surface area (TPSA) is 32.6 Å². The lowest BCUT2D eigenvalue weighted by Crippen LogP contribution is -1.87. The molecule has 0 aromatic heterocycles. The van der Waals surface area contributed by atoms with Crippen molar-refractivity contribution in [3.8, 4) is 0 Å². The van der Waals surface area contributed by atoms with Crippen LogP contribution in [0, 0.1) is 0 Å². The highest BCUT2D eigenvalue weighted by Gasteiger charge is 1.90. The Morgan fingerprint density at radius 3 is 2.64 bits per heavy atom. The largest absolute Gasteiger partial charge is 0.396 e. The zero-order valence-electron chi connectivity index (χ0n) is 8.35. The summed E-state index contributed by atoms with van der Waals surface area (Å²) in [5.74, 6) is 0. The molecule has 0 fully saturated rings. The zero-order valence-corrected chi connectivity index (χ0v) is 8.35. The molecule has 0 aliphatic heterocycles. The molecule has 74 valence electrons. The molecule has 1 N–H and O–H groups in total. The molecule has 0 spiro atoms. The van der Waals surface area contributed by atoms with Gasteiger partial charge in [-0.05, 0) is 12.5 Å². The maximum absolute atomic E-state index is 8.75. The third-order valence-electron chi connectivity index (χ3n) is 1.88. The molecule has 0 bridgehead atoms. The van der Waals surface area contributed by atoms with Gasteiger partial charge in [0.05, 0.1) is 0 Å². The van der Waals surface area contributed by atoms with Crippen LogP contribution in [0.5, 0.6) is 0 Å². The van der Waals surface area contributed by atoms with E-state index in [1.165, 1.54) is 0 Å². The fourth-order valence-corrected chi connectivity index (χ4v) is 1.09. The van der Waals surface area contributed by atoms with E-state index in [0.29, 0.717) is 6.42 Å². The number of hydrogen-bond donors (Lipinski definition) is 1. The van der Waals surface area contributed by atoms with Crippen molar-refractivity contribution >= 4 is 6.21 Å². The molecule has 0 saturated carbocycles. The number of allylic oxidation sites excluding steroid dienone is 1. The Bertz CT molecular complexity index is 314. The zero-order chi connectivity index (χ0) is 10.2. The molecular weight excluding hydrogens is 174 g/mol. The van der Waals surface area contributed by atoms with Gasteiger partial charge in [0.15, 0.2) is 0 Å². The van der Waals surface area contributed by atoms with Gasteiger partial charge in [-0.1, -0.05) is 36.4 Å². The summed E-state index contributed by atoms with van der Waals surface area (Å²) >= 11 is 0. The van der Waals surface area contributed by atoms with Crippen LogP contribution in [-0.2, 0) is 0 Å². The number of rotatable bonds is 4. The fourth-order valence-electron chi connectivity index (χ4n) is 1.09. The van der Waals surface area contributed by atoms with Gasteiger partial charge in [-0.2, -0.15) is 0 Å². The van der Waals surface area contributed by atoms with Crippen molar-refractivity contribution < 1.29 is 5.11 Å². The van der Waals surface area contributed by atoms with Crippen LogP contribution in [-0.4, -0.2) is 17.9 Å². The van der Waals surface area contributed by atoms with Crippen LogP contribution >= 0.6 is 0 Å².